The van der Waals surface area contributed by atoms with Crippen LogP contribution in [-0.2, 0) is 0 Å². The van der Waals surface area contributed by atoms with E-state index in [1.807, 2.05) is 27.0 Å². The van der Waals surface area contributed by atoms with Crippen molar-refractivity contribution in [3.8, 4) is 0 Å². The van der Waals surface area contributed by atoms with Crippen LogP contribution in [-0.4, -0.2) is 28.9 Å². The maximum atomic E-state index is 5.95. The molecule has 0 saturated carbocycles. The van der Waals surface area contributed by atoms with Crippen LogP contribution < -0.4 is 4.90 Å². The fourth-order valence-corrected chi connectivity index (χ4v) is 1.61. The van der Waals surface area contributed by atoms with Crippen LogP contribution in [0, 0.1) is 6.92 Å². The number of hydrogen-bond donors (Lipinski definition) is 0. The van der Waals surface area contributed by atoms with Crippen molar-refractivity contribution in [2.75, 3.05) is 18.5 Å². The molecular weight excluding hydrogens is 234 g/mol. The van der Waals surface area contributed by atoms with Gasteiger partial charge in [0.25, 0.3) is 0 Å². The number of alkyl halides is 1. The second-order valence-corrected chi connectivity index (χ2v) is 5.62. The van der Waals surface area contributed by atoms with Crippen molar-refractivity contribution in [3.05, 3.63) is 17.5 Å². The number of nitrogens with zero attached hydrogens (tertiary/aromatic N) is 3. The summed E-state index contributed by atoms with van der Waals surface area (Å²) in [5.41, 5.74) is 2.11. The highest BCUT2D eigenvalue weighted by Gasteiger charge is 2.10. The van der Waals surface area contributed by atoms with E-state index < -0.39 is 0 Å². The summed E-state index contributed by atoms with van der Waals surface area (Å²) in [4.78, 5) is 11.1. The zero-order valence-corrected chi connectivity index (χ0v) is 12.1. The van der Waals surface area contributed by atoms with Gasteiger partial charge in [0.15, 0.2) is 0 Å². The van der Waals surface area contributed by atoms with Gasteiger partial charge in [0.2, 0.25) is 5.95 Å². The molecule has 0 amide bonds. The quantitative estimate of drug-likeness (QED) is 0.756. The average molecular weight is 256 g/mol. The van der Waals surface area contributed by atoms with Gasteiger partial charge in [-0.25, -0.2) is 9.97 Å². The van der Waals surface area contributed by atoms with E-state index in [2.05, 4.69) is 28.7 Å². The molecule has 0 spiro atoms. The van der Waals surface area contributed by atoms with Crippen LogP contribution in [0.4, 0.5) is 5.95 Å². The molecule has 4 heteroatoms. The highest BCUT2D eigenvalue weighted by Crippen LogP contribution is 2.16. The van der Waals surface area contributed by atoms with E-state index in [9.17, 15) is 0 Å². The molecule has 3 nitrogen and oxygen atoms in total. The number of rotatable bonds is 5. The molecule has 0 aliphatic carbocycles. The first-order valence-electron chi connectivity index (χ1n) is 6.11. The van der Waals surface area contributed by atoms with Crippen LogP contribution in [0.5, 0.6) is 0 Å². The Kier molecular flexibility index (Phi) is 5.19. The second-order valence-electron chi connectivity index (χ2n) is 4.88. The Bertz CT molecular complexity index is 364. The van der Waals surface area contributed by atoms with Crippen molar-refractivity contribution in [2.24, 2.45) is 0 Å². The van der Waals surface area contributed by atoms with E-state index in [1.54, 1.807) is 0 Å². The highest BCUT2D eigenvalue weighted by molar-refractivity contribution is 6.20. The topological polar surface area (TPSA) is 29.0 Å². The number of aromatic nitrogens is 2. The van der Waals surface area contributed by atoms with Gasteiger partial charge in [0.05, 0.1) is 0 Å². The monoisotopic (exact) mass is 255 g/mol. The van der Waals surface area contributed by atoms with Crippen LogP contribution in [0.1, 0.15) is 44.5 Å². The summed E-state index contributed by atoms with van der Waals surface area (Å²) in [5, 5.41) is 0.187. The zero-order chi connectivity index (χ0) is 13.0. The van der Waals surface area contributed by atoms with Crippen molar-refractivity contribution in [1.82, 2.24) is 9.97 Å². The van der Waals surface area contributed by atoms with Gasteiger partial charge < -0.3 is 4.90 Å². The minimum atomic E-state index is 0.187. The molecule has 1 aromatic rings. The summed E-state index contributed by atoms with van der Waals surface area (Å²) >= 11 is 5.95. The number of hydrogen-bond acceptors (Lipinski definition) is 3. The summed E-state index contributed by atoms with van der Waals surface area (Å²) in [5.74, 6) is 1.22. The summed E-state index contributed by atoms with van der Waals surface area (Å²) in [6, 6.07) is 2.05. The molecule has 1 atom stereocenters. The first-order chi connectivity index (χ1) is 7.90. The summed E-state index contributed by atoms with van der Waals surface area (Å²) in [7, 11) is 2.01. The highest BCUT2D eigenvalue weighted by atomic mass is 35.5. The Morgan fingerprint density at radius 1 is 1.29 bits per heavy atom. The lowest BCUT2D eigenvalue weighted by Gasteiger charge is -2.19. The van der Waals surface area contributed by atoms with Crippen molar-refractivity contribution >= 4 is 17.5 Å². The van der Waals surface area contributed by atoms with E-state index in [-0.39, 0.29) is 5.38 Å². The molecule has 1 aromatic heterocycles. The van der Waals surface area contributed by atoms with Crippen molar-refractivity contribution in [2.45, 2.75) is 45.4 Å². The van der Waals surface area contributed by atoms with Crippen LogP contribution in [0.15, 0.2) is 6.07 Å². The van der Waals surface area contributed by atoms with Gasteiger partial charge in [-0.1, -0.05) is 13.8 Å². The molecule has 0 radical (unpaired) electrons. The summed E-state index contributed by atoms with van der Waals surface area (Å²) in [6.45, 7) is 9.19. The predicted molar refractivity (Wildman–Crippen MR) is 74.1 cm³/mol. The molecule has 1 unspecified atom stereocenters. The number of anilines is 1. The molecule has 1 rings (SSSR count). The SMILES string of the molecule is Cc1cc(C(C)C)nc(N(C)CCC(C)Cl)n1. The fourth-order valence-electron chi connectivity index (χ4n) is 1.51. The van der Waals surface area contributed by atoms with Crippen LogP contribution in [0.2, 0.25) is 0 Å². The van der Waals surface area contributed by atoms with Gasteiger partial charge >= 0.3 is 0 Å². The minimum Gasteiger partial charge on any atom is -0.344 e. The van der Waals surface area contributed by atoms with E-state index in [0.29, 0.717) is 5.92 Å². The summed E-state index contributed by atoms with van der Waals surface area (Å²) in [6.07, 6.45) is 0.937. The first kappa shape index (κ1) is 14.2. The Morgan fingerprint density at radius 2 is 1.94 bits per heavy atom. The van der Waals surface area contributed by atoms with Crippen LogP contribution in [0.3, 0.4) is 0 Å². The van der Waals surface area contributed by atoms with Gasteiger partial charge in [0, 0.05) is 30.4 Å². The van der Waals surface area contributed by atoms with Gasteiger partial charge in [-0.05, 0) is 32.3 Å². The largest absolute Gasteiger partial charge is 0.344 e. The Morgan fingerprint density at radius 3 is 2.47 bits per heavy atom. The summed E-state index contributed by atoms with van der Waals surface area (Å²) < 4.78 is 0. The van der Waals surface area contributed by atoms with E-state index >= 15 is 0 Å². The predicted octanol–water partition coefficient (Wildman–Crippen LogP) is 3.36. The van der Waals surface area contributed by atoms with Crippen LogP contribution >= 0.6 is 11.6 Å². The van der Waals surface area contributed by atoms with E-state index in [4.69, 9.17) is 11.6 Å². The van der Waals surface area contributed by atoms with Gasteiger partial charge in [-0.15, -0.1) is 11.6 Å². The third-order valence-electron chi connectivity index (χ3n) is 2.66. The second kappa shape index (κ2) is 6.20. The number of halogens is 1. The Balaban J connectivity index is 2.82. The smallest absolute Gasteiger partial charge is 0.225 e. The van der Waals surface area contributed by atoms with E-state index in [1.165, 1.54) is 0 Å². The fraction of sp³-hybridized carbons (Fsp3) is 0.692. The molecule has 0 aliphatic rings. The molecule has 96 valence electrons. The normalized spacial score (nSPS) is 12.9. The number of aryl methyl sites for hydroxylation is 1. The van der Waals surface area contributed by atoms with Crippen LogP contribution in [0.25, 0.3) is 0 Å². The Labute approximate surface area is 109 Å². The standard InChI is InChI=1S/C13H22ClN3/c1-9(2)12-8-11(4)15-13(16-12)17(5)7-6-10(3)14/h8-10H,6-7H2,1-5H3. The minimum absolute atomic E-state index is 0.187. The molecule has 0 aromatic carbocycles. The lowest BCUT2D eigenvalue weighted by atomic mass is 10.1. The van der Waals surface area contributed by atoms with Crippen molar-refractivity contribution < 1.29 is 0 Å². The van der Waals surface area contributed by atoms with E-state index in [0.717, 1.165) is 30.3 Å². The van der Waals surface area contributed by atoms with Gasteiger partial charge in [0.1, 0.15) is 0 Å². The lowest BCUT2D eigenvalue weighted by Crippen LogP contribution is -2.23. The Hall–Kier alpha value is -0.830. The first-order valence-corrected chi connectivity index (χ1v) is 6.54. The lowest BCUT2D eigenvalue weighted by molar-refractivity contribution is 0.739. The van der Waals surface area contributed by atoms with Crippen molar-refractivity contribution in [3.63, 3.8) is 0 Å². The third kappa shape index (κ3) is 4.50. The maximum absolute atomic E-state index is 5.95. The zero-order valence-electron chi connectivity index (χ0n) is 11.4. The van der Waals surface area contributed by atoms with Gasteiger partial charge in [-0.2, -0.15) is 0 Å². The van der Waals surface area contributed by atoms with Gasteiger partial charge in [-0.3, -0.25) is 0 Å². The molecule has 17 heavy (non-hydrogen) atoms. The molecule has 0 saturated heterocycles. The molecule has 1 heterocycles. The average Bonchev–Trinajstić information content (AvgIpc) is 2.24. The maximum Gasteiger partial charge on any atom is 0.225 e. The molecule has 0 bridgehead atoms. The molecule has 0 aliphatic heterocycles. The molecule has 0 N–H and O–H groups in total. The molecule has 0 fully saturated rings. The molecular formula is C13H22ClN3. The van der Waals surface area contributed by atoms with Crippen molar-refractivity contribution in [1.29, 1.82) is 0 Å². The third-order valence-corrected chi connectivity index (χ3v) is 2.88.